The Hall–Kier alpha value is -2.38. The minimum atomic E-state index is 0.234. The Balaban J connectivity index is 1.69. The van der Waals surface area contributed by atoms with Crippen LogP contribution in [0.3, 0.4) is 0 Å². The quantitative estimate of drug-likeness (QED) is 0.574. The van der Waals surface area contributed by atoms with E-state index < -0.39 is 0 Å². The topological polar surface area (TPSA) is 60.4 Å². The van der Waals surface area contributed by atoms with E-state index in [1.54, 1.807) is 12.4 Å². The van der Waals surface area contributed by atoms with Crippen LogP contribution >= 0.6 is 12.6 Å². The van der Waals surface area contributed by atoms with Crippen LogP contribution in [0.4, 0.5) is 5.69 Å². The molecule has 0 spiro atoms. The highest BCUT2D eigenvalue weighted by atomic mass is 32.1. The van der Waals surface area contributed by atoms with Crippen LogP contribution in [0.1, 0.15) is 0 Å². The third kappa shape index (κ3) is 3.38. The smallest absolute Gasteiger partial charge is 0.243 e. The molecule has 1 aliphatic rings. The molecule has 7 heteroatoms. The van der Waals surface area contributed by atoms with E-state index in [0.29, 0.717) is 11.4 Å². The fourth-order valence-electron chi connectivity index (χ4n) is 2.92. The van der Waals surface area contributed by atoms with Crippen LogP contribution in [0.2, 0.25) is 0 Å². The Bertz CT molecular complexity index is 867. The molecule has 4 rings (SSSR count). The highest BCUT2D eigenvalue weighted by molar-refractivity contribution is 7.80. The first-order chi connectivity index (χ1) is 12.3. The third-order valence-corrected chi connectivity index (χ3v) is 4.29. The van der Waals surface area contributed by atoms with E-state index in [0.717, 1.165) is 43.1 Å². The van der Waals surface area contributed by atoms with Crippen LogP contribution in [-0.2, 0) is 4.74 Å². The second-order valence-corrected chi connectivity index (χ2v) is 5.91. The van der Waals surface area contributed by atoms with Gasteiger partial charge in [0.1, 0.15) is 5.94 Å². The van der Waals surface area contributed by atoms with Gasteiger partial charge in [0, 0.05) is 36.7 Å². The van der Waals surface area contributed by atoms with Crippen molar-refractivity contribution >= 4 is 29.3 Å². The van der Waals surface area contributed by atoms with Gasteiger partial charge in [-0.15, -0.1) is 12.6 Å². The number of fused-ring (bicyclic) bond motifs is 1. The zero-order chi connectivity index (χ0) is 17.1. The van der Waals surface area contributed by atoms with E-state index in [9.17, 15) is 0 Å². The molecule has 1 saturated heterocycles. The third-order valence-electron chi connectivity index (χ3n) is 4.17. The van der Waals surface area contributed by atoms with Gasteiger partial charge in [0.25, 0.3) is 0 Å². The van der Waals surface area contributed by atoms with Crippen LogP contribution in [-0.4, -0.2) is 47.2 Å². The van der Waals surface area contributed by atoms with Crippen LogP contribution < -0.4 is 9.64 Å². The van der Waals surface area contributed by atoms with Crippen LogP contribution in [0.15, 0.2) is 42.7 Å². The molecule has 128 valence electrons. The van der Waals surface area contributed by atoms with Crippen LogP contribution in [0, 0.1) is 0 Å². The average Bonchev–Trinajstić information content (AvgIpc) is 2.69. The fourth-order valence-corrected chi connectivity index (χ4v) is 3.04. The molecular formula is C18H18N4O2S. The molecule has 0 aliphatic carbocycles. The van der Waals surface area contributed by atoms with Crippen LogP contribution in [0.5, 0.6) is 5.88 Å². The summed E-state index contributed by atoms with van der Waals surface area (Å²) in [4.78, 5) is 15.6. The number of thiol groups is 1. The van der Waals surface area contributed by atoms with Gasteiger partial charge in [-0.25, -0.2) is 9.97 Å². The van der Waals surface area contributed by atoms with Gasteiger partial charge in [0.15, 0.2) is 5.52 Å². The SMILES string of the molecule is SCOc1nc(-c2ccc(N3CCOCC3)cc2)cc2nccnc12. The molecule has 0 N–H and O–H groups in total. The Morgan fingerprint density at radius 3 is 2.60 bits per heavy atom. The minimum Gasteiger partial charge on any atom is -0.465 e. The molecule has 0 amide bonds. The molecule has 3 aromatic rings. The van der Waals surface area contributed by atoms with E-state index in [1.807, 2.05) is 6.07 Å². The number of pyridine rings is 1. The van der Waals surface area contributed by atoms with Crippen molar-refractivity contribution in [2.75, 3.05) is 37.1 Å². The molecule has 1 aliphatic heterocycles. The molecule has 0 saturated carbocycles. The molecule has 1 fully saturated rings. The monoisotopic (exact) mass is 354 g/mol. The highest BCUT2D eigenvalue weighted by Crippen LogP contribution is 2.28. The first-order valence-corrected chi connectivity index (χ1v) is 8.77. The molecule has 0 radical (unpaired) electrons. The van der Waals surface area contributed by atoms with Crippen molar-refractivity contribution in [2.45, 2.75) is 0 Å². The summed E-state index contributed by atoms with van der Waals surface area (Å²) in [7, 11) is 0. The van der Waals surface area contributed by atoms with E-state index >= 15 is 0 Å². The molecule has 0 unspecified atom stereocenters. The lowest BCUT2D eigenvalue weighted by Gasteiger charge is -2.28. The van der Waals surface area contributed by atoms with Gasteiger partial charge in [-0.2, -0.15) is 0 Å². The summed E-state index contributed by atoms with van der Waals surface area (Å²) in [5.41, 5.74) is 4.40. The zero-order valence-electron chi connectivity index (χ0n) is 13.6. The fraction of sp³-hybridized carbons (Fsp3) is 0.278. The highest BCUT2D eigenvalue weighted by Gasteiger charge is 2.13. The summed E-state index contributed by atoms with van der Waals surface area (Å²) in [6.45, 7) is 3.39. The van der Waals surface area contributed by atoms with Crippen molar-refractivity contribution in [2.24, 2.45) is 0 Å². The second-order valence-electron chi connectivity index (χ2n) is 5.66. The van der Waals surface area contributed by atoms with E-state index in [1.165, 1.54) is 5.69 Å². The van der Waals surface area contributed by atoms with Gasteiger partial charge >= 0.3 is 0 Å². The summed E-state index contributed by atoms with van der Waals surface area (Å²) in [6, 6.07) is 10.3. The van der Waals surface area contributed by atoms with E-state index in [4.69, 9.17) is 9.47 Å². The van der Waals surface area contributed by atoms with Crippen molar-refractivity contribution in [3.63, 3.8) is 0 Å². The average molecular weight is 354 g/mol. The molecule has 2 aromatic heterocycles. The number of morpholine rings is 1. The number of anilines is 1. The van der Waals surface area contributed by atoms with Crippen LogP contribution in [0.25, 0.3) is 22.3 Å². The molecule has 6 nitrogen and oxygen atoms in total. The van der Waals surface area contributed by atoms with Crippen molar-refractivity contribution in [3.05, 3.63) is 42.7 Å². The molecule has 25 heavy (non-hydrogen) atoms. The molecular weight excluding hydrogens is 336 g/mol. The zero-order valence-corrected chi connectivity index (χ0v) is 14.5. The Morgan fingerprint density at radius 1 is 1.08 bits per heavy atom. The number of benzene rings is 1. The first kappa shape index (κ1) is 16.1. The predicted octanol–water partition coefficient (Wildman–Crippen LogP) is 2.79. The second kappa shape index (κ2) is 7.25. The standard InChI is InChI=1S/C18H18N4O2S/c25-12-24-18-17-16(19-5-6-20-17)11-15(21-18)13-1-3-14(4-2-13)22-7-9-23-10-8-22/h1-6,11,25H,7-10,12H2. The largest absolute Gasteiger partial charge is 0.465 e. The van der Waals surface area contributed by atoms with Crippen molar-refractivity contribution in [1.29, 1.82) is 0 Å². The first-order valence-electron chi connectivity index (χ1n) is 8.14. The number of ether oxygens (including phenoxy) is 2. The molecule has 0 bridgehead atoms. The normalized spacial score (nSPS) is 14.7. The lowest BCUT2D eigenvalue weighted by Crippen LogP contribution is -2.36. The molecule has 0 atom stereocenters. The summed E-state index contributed by atoms with van der Waals surface area (Å²) in [5, 5.41) is 0. The summed E-state index contributed by atoms with van der Waals surface area (Å²) < 4.78 is 10.9. The number of rotatable bonds is 4. The number of hydrogen-bond donors (Lipinski definition) is 1. The van der Waals surface area contributed by atoms with Crippen molar-refractivity contribution < 1.29 is 9.47 Å². The summed E-state index contributed by atoms with van der Waals surface area (Å²) >= 11 is 4.13. The van der Waals surface area contributed by atoms with Crippen molar-refractivity contribution in [1.82, 2.24) is 15.0 Å². The maximum absolute atomic E-state index is 5.53. The Kier molecular flexibility index (Phi) is 4.67. The van der Waals surface area contributed by atoms with Gasteiger partial charge in [0.05, 0.1) is 24.4 Å². The molecule has 1 aromatic carbocycles. The van der Waals surface area contributed by atoms with Gasteiger partial charge in [-0.3, -0.25) is 4.98 Å². The van der Waals surface area contributed by atoms with Crippen molar-refractivity contribution in [3.8, 4) is 17.1 Å². The van der Waals surface area contributed by atoms with E-state index in [-0.39, 0.29) is 5.94 Å². The maximum Gasteiger partial charge on any atom is 0.243 e. The van der Waals surface area contributed by atoms with Gasteiger partial charge < -0.3 is 14.4 Å². The van der Waals surface area contributed by atoms with Gasteiger partial charge in [-0.1, -0.05) is 12.1 Å². The lowest BCUT2D eigenvalue weighted by atomic mass is 10.1. The Labute approximate surface area is 151 Å². The predicted molar refractivity (Wildman–Crippen MR) is 100 cm³/mol. The number of nitrogens with zero attached hydrogens (tertiary/aromatic N) is 4. The maximum atomic E-state index is 5.53. The van der Waals surface area contributed by atoms with Gasteiger partial charge in [-0.05, 0) is 18.2 Å². The number of hydrogen-bond acceptors (Lipinski definition) is 7. The summed E-state index contributed by atoms with van der Waals surface area (Å²) in [5.74, 6) is 0.686. The van der Waals surface area contributed by atoms with E-state index in [2.05, 4.69) is 56.7 Å². The van der Waals surface area contributed by atoms with Gasteiger partial charge in [0.2, 0.25) is 5.88 Å². The molecule has 3 heterocycles. The minimum absolute atomic E-state index is 0.234. The Morgan fingerprint density at radius 2 is 1.84 bits per heavy atom. The summed E-state index contributed by atoms with van der Waals surface area (Å²) in [6.07, 6.45) is 3.30. The number of aromatic nitrogens is 3. The lowest BCUT2D eigenvalue weighted by molar-refractivity contribution is 0.122.